The lowest BCUT2D eigenvalue weighted by atomic mass is 9.99. The number of alkyl halides is 3. The normalized spacial score (nSPS) is 20.1. The van der Waals surface area contributed by atoms with Crippen molar-refractivity contribution in [1.29, 1.82) is 0 Å². The number of carbonyl (C=O) groups is 1. The van der Waals surface area contributed by atoms with Crippen LogP contribution in [0.3, 0.4) is 0 Å². The van der Waals surface area contributed by atoms with Gasteiger partial charge in [0.2, 0.25) is 11.9 Å². The van der Waals surface area contributed by atoms with Crippen LogP contribution in [0.2, 0.25) is 0 Å². The fourth-order valence-corrected chi connectivity index (χ4v) is 7.86. The van der Waals surface area contributed by atoms with Crippen molar-refractivity contribution in [2.75, 3.05) is 87.4 Å². The summed E-state index contributed by atoms with van der Waals surface area (Å²) in [4.78, 5) is 30.3. The average Bonchev–Trinajstić information content (AvgIpc) is 3.52. The van der Waals surface area contributed by atoms with Gasteiger partial charge in [0.25, 0.3) is 0 Å². The summed E-state index contributed by atoms with van der Waals surface area (Å²) < 4.78 is 47.5. The third-order valence-corrected chi connectivity index (χ3v) is 10.8. The number of halogens is 3. The number of anilines is 5. The molecule has 0 spiro atoms. The van der Waals surface area contributed by atoms with Crippen LogP contribution >= 0.6 is 0 Å². The van der Waals surface area contributed by atoms with Crippen molar-refractivity contribution in [3.05, 3.63) is 59.3 Å². The van der Waals surface area contributed by atoms with Crippen molar-refractivity contribution in [3.63, 3.8) is 0 Å². The molecular formula is C36H46F3N9O2. The van der Waals surface area contributed by atoms with E-state index in [1.54, 1.807) is 25.3 Å². The Balaban J connectivity index is 0.971. The number of amides is 1. The second-order valence-electron chi connectivity index (χ2n) is 13.8. The smallest absolute Gasteiger partial charge is 0.421 e. The van der Waals surface area contributed by atoms with Gasteiger partial charge in [-0.1, -0.05) is 12.1 Å². The maximum atomic E-state index is 13.9. The van der Waals surface area contributed by atoms with Crippen molar-refractivity contribution in [2.24, 2.45) is 0 Å². The molecule has 3 N–H and O–H groups in total. The fraction of sp³-hybridized carbons (Fsp3) is 0.528. The van der Waals surface area contributed by atoms with Gasteiger partial charge in [-0.15, -0.1) is 0 Å². The van der Waals surface area contributed by atoms with E-state index in [2.05, 4.69) is 52.6 Å². The second-order valence-corrected chi connectivity index (χ2v) is 13.8. The number of benzene rings is 2. The zero-order chi connectivity index (χ0) is 34.8. The highest BCUT2D eigenvalue weighted by molar-refractivity contribution is 5.99. The van der Waals surface area contributed by atoms with E-state index in [1.165, 1.54) is 25.9 Å². The number of methoxy groups -OCH3 is 1. The van der Waals surface area contributed by atoms with Crippen molar-refractivity contribution < 1.29 is 22.7 Å². The number of hydrogen-bond acceptors (Lipinski definition) is 10. The number of hydrogen-bond donors (Lipinski definition) is 3. The molecule has 7 rings (SSSR count). The topological polar surface area (TPSA) is 101 Å². The highest BCUT2D eigenvalue weighted by Crippen LogP contribution is 2.37. The lowest BCUT2D eigenvalue weighted by molar-refractivity contribution is -0.137. The first-order valence-corrected chi connectivity index (χ1v) is 17.6. The Morgan fingerprint density at radius 1 is 0.940 bits per heavy atom. The summed E-state index contributed by atoms with van der Waals surface area (Å²) in [5.41, 5.74) is 2.76. The maximum Gasteiger partial charge on any atom is 0.421 e. The minimum Gasteiger partial charge on any atom is -0.494 e. The first-order chi connectivity index (χ1) is 24.1. The minimum absolute atomic E-state index is 0.00146. The monoisotopic (exact) mass is 693 g/mol. The zero-order valence-corrected chi connectivity index (χ0v) is 28.7. The summed E-state index contributed by atoms with van der Waals surface area (Å²) in [6.07, 6.45) is 1.06. The van der Waals surface area contributed by atoms with Crippen molar-refractivity contribution in [1.82, 2.24) is 24.7 Å². The molecular weight excluding hydrogens is 647 g/mol. The summed E-state index contributed by atoms with van der Waals surface area (Å²) in [6.45, 7) is 8.95. The molecule has 0 saturated carbocycles. The predicted octanol–water partition coefficient (Wildman–Crippen LogP) is 5.03. The van der Waals surface area contributed by atoms with Crippen LogP contribution in [0.1, 0.15) is 42.4 Å². The third kappa shape index (κ3) is 7.62. The summed E-state index contributed by atoms with van der Waals surface area (Å²) in [6, 6.07) is 12.5. The van der Waals surface area contributed by atoms with E-state index in [0.29, 0.717) is 28.7 Å². The van der Waals surface area contributed by atoms with Gasteiger partial charge < -0.3 is 30.5 Å². The summed E-state index contributed by atoms with van der Waals surface area (Å²) in [7, 11) is 3.79. The van der Waals surface area contributed by atoms with E-state index >= 15 is 0 Å². The van der Waals surface area contributed by atoms with Gasteiger partial charge >= 0.3 is 6.18 Å². The molecule has 11 nitrogen and oxygen atoms in total. The highest BCUT2D eigenvalue weighted by Gasteiger charge is 2.36. The Morgan fingerprint density at radius 2 is 1.62 bits per heavy atom. The molecule has 4 aliphatic heterocycles. The van der Waals surface area contributed by atoms with Gasteiger partial charge in [0, 0.05) is 81.5 Å². The molecule has 1 amide bonds. The van der Waals surface area contributed by atoms with E-state index in [9.17, 15) is 18.0 Å². The quantitative estimate of drug-likeness (QED) is 0.283. The number of likely N-dealkylation sites (tertiary alicyclic amines) is 1. The van der Waals surface area contributed by atoms with Gasteiger partial charge in [0.15, 0.2) is 0 Å². The maximum absolute atomic E-state index is 13.9. The first-order valence-electron chi connectivity index (χ1n) is 17.6. The number of fused-ring (bicyclic) bond motifs is 1. The molecule has 5 heterocycles. The van der Waals surface area contributed by atoms with Crippen LogP contribution in [0.15, 0.2) is 42.6 Å². The number of ether oxygens (including phenoxy) is 1. The molecule has 0 bridgehead atoms. The molecule has 14 heteroatoms. The molecule has 0 radical (unpaired) electrons. The van der Waals surface area contributed by atoms with Crippen molar-refractivity contribution >= 4 is 34.7 Å². The van der Waals surface area contributed by atoms with Crippen LogP contribution in [-0.4, -0.2) is 109 Å². The lowest BCUT2D eigenvalue weighted by Crippen LogP contribution is -2.56. The Bertz CT molecular complexity index is 1660. The van der Waals surface area contributed by atoms with Crippen LogP contribution in [-0.2, 0) is 23.9 Å². The summed E-state index contributed by atoms with van der Waals surface area (Å²) in [5, 5.41) is 8.66. The largest absolute Gasteiger partial charge is 0.494 e. The van der Waals surface area contributed by atoms with Crippen LogP contribution in [0, 0.1) is 0 Å². The highest BCUT2D eigenvalue weighted by atomic mass is 19.4. The molecule has 4 aliphatic rings. The van der Waals surface area contributed by atoms with Gasteiger partial charge in [0.05, 0.1) is 19.2 Å². The van der Waals surface area contributed by atoms with Gasteiger partial charge in [-0.2, -0.15) is 18.2 Å². The number of carbonyl (C=O) groups excluding carboxylic acids is 1. The van der Waals surface area contributed by atoms with Gasteiger partial charge in [-0.05, 0) is 75.1 Å². The predicted molar refractivity (Wildman–Crippen MR) is 188 cm³/mol. The number of aromatic nitrogens is 2. The standard InChI is InChI=1S/C36H46F3N9O2/c1-45-12-8-25(9-13-45)47-16-18-48(19-17-47)26-10-14-46(15-11-26)27-6-7-31(32(20-27)50-2)43-35-41-23-29(36(37,38)39)34(44-35)40-22-24-4-3-5-30-28(24)21-33(49)42-30/h3-7,20,23,25-26H,8-19,21-22H2,1-2H3,(H,42,49)(H2,40,41,43,44). The summed E-state index contributed by atoms with van der Waals surface area (Å²) in [5.74, 6) is 0.0447. The number of nitrogens with zero attached hydrogens (tertiary/aromatic N) is 6. The molecule has 3 aromatic rings. The van der Waals surface area contributed by atoms with Crippen LogP contribution in [0.4, 0.5) is 42.0 Å². The van der Waals surface area contributed by atoms with Crippen molar-refractivity contribution in [2.45, 2.75) is 56.9 Å². The molecule has 2 aromatic carbocycles. The Hall–Kier alpha value is -4.14. The Kier molecular flexibility index (Phi) is 10.0. The first kappa shape index (κ1) is 34.3. The number of nitrogens with one attached hydrogen (secondary N) is 3. The number of piperazine rings is 1. The van der Waals surface area contributed by atoms with Crippen LogP contribution in [0.25, 0.3) is 0 Å². The van der Waals surface area contributed by atoms with Crippen LogP contribution < -0.4 is 25.6 Å². The summed E-state index contributed by atoms with van der Waals surface area (Å²) >= 11 is 0. The lowest BCUT2D eigenvalue weighted by Gasteiger charge is -2.46. The van der Waals surface area contributed by atoms with Crippen LogP contribution in [0.5, 0.6) is 5.75 Å². The zero-order valence-electron chi connectivity index (χ0n) is 28.7. The second kappa shape index (κ2) is 14.6. The molecule has 268 valence electrons. The Morgan fingerprint density at radius 3 is 2.28 bits per heavy atom. The van der Waals surface area contributed by atoms with E-state index in [1.807, 2.05) is 18.2 Å². The molecule has 3 saturated heterocycles. The molecule has 0 aliphatic carbocycles. The number of rotatable bonds is 9. The van der Waals surface area contributed by atoms with E-state index in [4.69, 9.17) is 4.74 Å². The Labute approximate surface area is 291 Å². The molecule has 0 atom stereocenters. The molecule has 0 unspecified atom stereocenters. The van der Waals surface area contributed by atoms with E-state index < -0.39 is 11.7 Å². The van der Waals surface area contributed by atoms with E-state index in [-0.39, 0.29) is 30.6 Å². The van der Waals surface area contributed by atoms with Gasteiger partial charge in [-0.25, -0.2) is 4.98 Å². The van der Waals surface area contributed by atoms with Gasteiger partial charge in [0.1, 0.15) is 17.1 Å². The molecule has 1 aromatic heterocycles. The van der Waals surface area contributed by atoms with Gasteiger partial charge in [-0.3, -0.25) is 14.6 Å². The van der Waals surface area contributed by atoms with E-state index in [0.717, 1.165) is 75.6 Å². The average molecular weight is 694 g/mol. The van der Waals surface area contributed by atoms with Crippen molar-refractivity contribution in [3.8, 4) is 5.75 Å². The number of piperidine rings is 2. The minimum atomic E-state index is -4.66. The fourth-order valence-electron chi connectivity index (χ4n) is 7.86. The SMILES string of the molecule is COc1cc(N2CCC(N3CCN(C4CCN(C)CC4)CC3)CC2)ccc1Nc1ncc(C(F)(F)F)c(NCc2cccc3c2CC(=O)N3)n1. The molecule has 50 heavy (non-hydrogen) atoms. The third-order valence-electron chi connectivity index (χ3n) is 10.8. The molecule has 3 fully saturated rings.